The SMILES string of the molecule is CCOc1ccccc1NC(=S)N1CCOCC1. The second-order valence-corrected chi connectivity index (χ2v) is 4.35. The zero-order valence-corrected chi connectivity index (χ0v) is 11.3. The van der Waals surface area contributed by atoms with Crippen molar-refractivity contribution in [1.29, 1.82) is 0 Å². The van der Waals surface area contributed by atoms with E-state index in [9.17, 15) is 0 Å². The van der Waals surface area contributed by atoms with Crippen LogP contribution in [0, 0.1) is 0 Å². The Kier molecular flexibility index (Phi) is 4.78. The number of anilines is 1. The van der Waals surface area contributed by atoms with Gasteiger partial charge in [0, 0.05) is 13.1 Å². The summed E-state index contributed by atoms with van der Waals surface area (Å²) in [7, 11) is 0. The van der Waals surface area contributed by atoms with E-state index in [1.54, 1.807) is 0 Å². The average Bonchev–Trinajstić information content (AvgIpc) is 2.42. The fraction of sp³-hybridized carbons (Fsp3) is 0.462. The zero-order valence-electron chi connectivity index (χ0n) is 10.5. The van der Waals surface area contributed by atoms with Crippen molar-refractivity contribution in [3.05, 3.63) is 24.3 Å². The van der Waals surface area contributed by atoms with E-state index in [0.29, 0.717) is 6.61 Å². The standard InChI is InChI=1S/C13H18N2O2S/c1-2-17-12-6-4-3-5-11(12)14-13(18)15-7-9-16-10-8-15/h3-6H,2,7-10H2,1H3,(H,14,18). The van der Waals surface area contributed by atoms with E-state index >= 15 is 0 Å². The Morgan fingerprint density at radius 2 is 2.11 bits per heavy atom. The van der Waals surface area contributed by atoms with E-state index in [-0.39, 0.29) is 0 Å². The number of thiocarbonyl (C=S) groups is 1. The fourth-order valence-electron chi connectivity index (χ4n) is 1.81. The second kappa shape index (κ2) is 6.56. The van der Waals surface area contributed by atoms with Crippen molar-refractivity contribution >= 4 is 23.0 Å². The first-order chi connectivity index (χ1) is 8.81. The molecule has 0 bridgehead atoms. The highest BCUT2D eigenvalue weighted by atomic mass is 32.1. The Bertz CT molecular complexity index is 406. The number of benzene rings is 1. The molecule has 4 nitrogen and oxygen atoms in total. The summed E-state index contributed by atoms with van der Waals surface area (Å²) in [6.45, 7) is 5.75. The van der Waals surface area contributed by atoms with Crippen molar-refractivity contribution in [1.82, 2.24) is 4.90 Å². The van der Waals surface area contributed by atoms with Crippen molar-refractivity contribution in [3.8, 4) is 5.75 Å². The number of hydrogen-bond donors (Lipinski definition) is 1. The number of ether oxygens (including phenoxy) is 2. The van der Waals surface area contributed by atoms with Crippen molar-refractivity contribution < 1.29 is 9.47 Å². The van der Waals surface area contributed by atoms with Gasteiger partial charge in [-0.15, -0.1) is 0 Å². The Hall–Kier alpha value is -1.33. The normalized spacial score (nSPS) is 15.3. The number of para-hydroxylation sites is 2. The third-order valence-electron chi connectivity index (χ3n) is 2.73. The molecular formula is C13H18N2O2S. The summed E-state index contributed by atoms with van der Waals surface area (Å²) in [4.78, 5) is 2.11. The lowest BCUT2D eigenvalue weighted by Crippen LogP contribution is -2.42. The van der Waals surface area contributed by atoms with Gasteiger partial charge < -0.3 is 19.7 Å². The van der Waals surface area contributed by atoms with Gasteiger partial charge in [-0.3, -0.25) is 0 Å². The minimum atomic E-state index is 0.642. The first kappa shape index (κ1) is 13.1. The molecule has 1 aliphatic heterocycles. The van der Waals surface area contributed by atoms with Crippen LogP contribution in [0.4, 0.5) is 5.69 Å². The van der Waals surface area contributed by atoms with Gasteiger partial charge in [-0.1, -0.05) is 12.1 Å². The van der Waals surface area contributed by atoms with Gasteiger partial charge in [-0.25, -0.2) is 0 Å². The van der Waals surface area contributed by atoms with Crippen molar-refractivity contribution in [2.24, 2.45) is 0 Å². The summed E-state index contributed by atoms with van der Waals surface area (Å²) in [5.74, 6) is 0.829. The van der Waals surface area contributed by atoms with Crippen LogP contribution in [0.2, 0.25) is 0 Å². The number of nitrogens with zero attached hydrogens (tertiary/aromatic N) is 1. The molecule has 0 amide bonds. The molecule has 1 saturated heterocycles. The molecule has 0 unspecified atom stereocenters. The quantitative estimate of drug-likeness (QED) is 0.848. The van der Waals surface area contributed by atoms with Crippen molar-refractivity contribution in [3.63, 3.8) is 0 Å². The minimum absolute atomic E-state index is 0.642. The maximum absolute atomic E-state index is 5.56. The summed E-state index contributed by atoms with van der Waals surface area (Å²) in [6, 6.07) is 7.83. The summed E-state index contributed by atoms with van der Waals surface area (Å²) >= 11 is 5.40. The molecule has 0 radical (unpaired) electrons. The van der Waals surface area contributed by atoms with Gasteiger partial charge in [-0.2, -0.15) is 0 Å². The van der Waals surface area contributed by atoms with Crippen LogP contribution in [0.15, 0.2) is 24.3 Å². The lowest BCUT2D eigenvalue weighted by molar-refractivity contribution is 0.0690. The molecule has 1 aliphatic rings. The van der Waals surface area contributed by atoms with Gasteiger partial charge in [0.25, 0.3) is 0 Å². The molecule has 0 saturated carbocycles. The van der Waals surface area contributed by atoms with Gasteiger partial charge in [-0.05, 0) is 31.3 Å². The third-order valence-corrected chi connectivity index (χ3v) is 3.09. The first-order valence-corrected chi connectivity index (χ1v) is 6.57. The summed E-state index contributed by atoms with van der Waals surface area (Å²) in [5.41, 5.74) is 0.913. The molecule has 5 heteroatoms. The first-order valence-electron chi connectivity index (χ1n) is 6.16. The molecule has 2 rings (SSSR count). The predicted molar refractivity (Wildman–Crippen MR) is 76.2 cm³/mol. The van der Waals surface area contributed by atoms with E-state index in [4.69, 9.17) is 21.7 Å². The van der Waals surface area contributed by atoms with E-state index in [1.165, 1.54) is 0 Å². The van der Waals surface area contributed by atoms with Gasteiger partial charge in [0.1, 0.15) is 5.75 Å². The van der Waals surface area contributed by atoms with E-state index in [2.05, 4.69) is 10.2 Å². The Morgan fingerprint density at radius 1 is 1.39 bits per heavy atom. The molecule has 1 aromatic rings. The van der Waals surface area contributed by atoms with Crippen LogP contribution >= 0.6 is 12.2 Å². The molecule has 18 heavy (non-hydrogen) atoms. The molecule has 0 aliphatic carbocycles. The molecule has 0 atom stereocenters. The third kappa shape index (κ3) is 3.34. The zero-order chi connectivity index (χ0) is 12.8. The van der Waals surface area contributed by atoms with E-state index in [0.717, 1.165) is 42.9 Å². The van der Waals surface area contributed by atoms with Gasteiger partial charge in [0.05, 0.1) is 25.5 Å². The van der Waals surface area contributed by atoms with Crippen LogP contribution < -0.4 is 10.1 Å². The van der Waals surface area contributed by atoms with E-state index < -0.39 is 0 Å². The Morgan fingerprint density at radius 3 is 2.83 bits per heavy atom. The molecule has 0 aromatic heterocycles. The number of nitrogens with one attached hydrogen (secondary N) is 1. The Balaban J connectivity index is 2.01. The smallest absolute Gasteiger partial charge is 0.173 e. The largest absolute Gasteiger partial charge is 0.492 e. The molecule has 1 heterocycles. The van der Waals surface area contributed by atoms with Crippen LogP contribution in [0.3, 0.4) is 0 Å². The van der Waals surface area contributed by atoms with Gasteiger partial charge in [0.15, 0.2) is 5.11 Å². The van der Waals surface area contributed by atoms with Crippen molar-refractivity contribution in [2.75, 3.05) is 38.2 Å². The molecular weight excluding hydrogens is 248 g/mol. The molecule has 1 N–H and O–H groups in total. The molecule has 1 aromatic carbocycles. The summed E-state index contributed by atoms with van der Waals surface area (Å²) < 4.78 is 10.9. The maximum Gasteiger partial charge on any atom is 0.173 e. The lowest BCUT2D eigenvalue weighted by Gasteiger charge is -2.29. The fourth-order valence-corrected chi connectivity index (χ4v) is 2.10. The van der Waals surface area contributed by atoms with Crippen LogP contribution in [0.5, 0.6) is 5.75 Å². The van der Waals surface area contributed by atoms with Crippen LogP contribution in [0.25, 0.3) is 0 Å². The lowest BCUT2D eigenvalue weighted by atomic mass is 10.3. The van der Waals surface area contributed by atoms with Crippen LogP contribution in [0.1, 0.15) is 6.92 Å². The number of rotatable bonds is 3. The predicted octanol–water partition coefficient (Wildman–Crippen LogP) is 2.11. The number of hydrogen-bond acceptors (Lipinski definition) is 3. The van der Waals surface area contributed by atoms with Crippen LogP contribution in [-0.2, 0) is 4.74 Å². The Labute approximate surface area is 113 Å². The van der Waals surface area contributed by atoms with Gasteiger partial charge >= 0.3 is 0 Å². The summed E-state index contributed by atoms with van der Waals surface area (Å²) in [6.07, 6.45) is 0. The molecule has 98 valence electrons. The highest BCUT2D eigenvalue weighted by Crippen LogP contribution is 2.24. The molecule has 1 fully saturated rings. The van der Waals surface area contributed by atoms with E-state index in [1.807, 2.05) is 31.2 Å². The van der Waals surface area contributed by atoms with Crippen LogP contribution in [-0.4, -0.2) is 42.9 Å². The monoisotopic (exact) mass is 266 g/mol. The summed E-state index contributed by atoms with van der Waals surface area (Å²) in [5, 5.41) is 3.97. The average molecular weight is 266 g/mol. The second-order valence-electron chi connectivity index (χ2n) is 3.96. The van der Waals surface area contributed by atoms with Crippen molar-refractivity contribution in [2.45, 2.75) is 6.92 Å². The highest BCUT2D eigenvalue weighted by molar-refractivity contribution is 7.80. The minimum Gasteiger partial charge on any atom is -0.492 e. The highest BCUT2D eigenvalue weighted by Gasteiger charge is 2.14. The van der Waals surface area contributed by atoms with Gasteiger partial charge in [0.2, 0.25) is 0 Å². The molecule has 0 spiro atoms. The number of morpholine rings is 1. The topological polar surface area (TPSA) is 33.7 Å². The maximum atomic E-state index is 5.56.